The summed E-state index contributed by atoms with van der Waals surface area (Å²) >= 11 is 6.45. The lowest BCUT2D eigenvalue weighted by Gasteiger charge is -2.45. The lowest BCUT2D eigenvalue weighted by molar-refractivity contribution is 0.0697. The Hall–Kier alpha value is -2.37. The van der Waals surface area contributed by atoms with Gasteiger partial charge in [0.2, 0.25) is 18.3 Å². The van der Waals surface area contributed by atoms with E-state index in [0.717, 1.165) is 61.7 Å². The molecule has 5 rings (SSSR count). The number of nitrogens with two attached hydrogens (primary N) is 1. The fourth-order valence-electron chi connectivity index (χ4n) is 9.69. The summed E-state index contributed by atoms with van der Waals surface area (Å²) < 4.78 is 38.6. The maximum Gasteiger partial charge on any atom is 0.335 e. The van der Waals surface area contributed by atoms with Crippen molar-refractivity contribution in [1.29, 1.82) is 0 Å². The maximum absolute atomic E-state index is 12.4. The number of hydrogen-bond donors (Lipinski definition) is 2. The summed E-state index contributed by atoms with van der Waals surface area (Å²) in [5.41, 5.74) is 4.59. The van der Waals surface area contributed by atoms with Gasteiger partial charge in [-0.3, -0.25) is 0 Å². The summed E-state index contributed by atoms with van der Waals surface area (Å²) in [6, 6.07) is 11.5. The van der Waals surface area contributed by atoms with Crippen LogP contribution in [0.3, 0.4) is 0 Å². The summed E-state index contributed by atoms with van der Waals surface area (Å²) in [6.45, 7) is 17.6. The van der Waals surface area contributed by atoms with Gasteiger partial charge < -0.3 is 19.2 Å². The van der Waals surface area contributed by atoms with Crippen molar-refractivity contribution in [1.82, 2.24) is 0 Å². The van der Waals surface area contributed by atoms with E-state index in [1.807, 2.05) is 19.1 Å². The first kappa shape index (κ1) is 40.8. The monoisotopic (exact) mass is 772 g/mol. The smallest absolute Gasteiger partial charge is 0.335 e. The lowest BCUT2D eigenvalue weighted by Crippen LogP contribution is -2.50. The van der Waals surface area contributed by atoms with Gasteiger partial charge in [0.1, 0.15) is 5.75 Å². The van der Waals surface area contributed by atoms with Crippen molar-refractivity contribution < 1.29 is 27.5 Å². The number of carboxylic acid groups (broad SMARTS) is 1. The van der Waals surface area contributed by atoms with Crippen LogP contribution in [-0.2, 0) is 26.3 Å². The first-order chi connectivity index (χ1) is 24.5. The molecule has 1 aliphatic heterocycles. The molecule has 3 N–H and O–H groups in total. The van der Waals surface area contributed by atoms with Gasteiger partial charge in [-0.1, -0.05) is 78.3 Å². The molecule has 0 radical (unpaired) electrons. The average molecular weight is 774 g/mol. The summed E-state index contributed by atoms with van der Waals surface area (Å²) in [5, 5.41) is 15.7. The summed E-state index contributed by atoms with van der Waals surface area (Å²) in [6.07, 6.45) is 11.0. The SMILES string of the molecule is CC[C@H](CC[C@@H](/C=C/[C@@H]1CC[C@H]1CN1C[C@@]2(CCCc3cc(Cl)ccc32)COc2ccc(C(=O)O)cc21)O[Si](C(C)C)(C(C)C)C(C)C)S(N)(=O)=O. The number of aryl methyl sites for hydroxylation is 1. The third-order valence-corrected chi connectivity index (χ3v) is 20.4. The molecule has 0 bridgehead atoms. The van der Waals surface area contributed by atoms with Gasteiger partial charge in [-0.15, -0.1) is 0 Å². The Morgan fingerprint density at radius 1 is 1.10 bits per heavy atom. The molecule has 3 aliphatic rings. The van der Waals surface area contributed by atoms with Crippen LogP contribution in [0.15, 0.2) is 48.6 Å². The van der Waals surface area contributed by atoms with Crippen LogP contribution in [0.5, 0.6) is 5.75 Å². The van der Waals surface area contributed by atoms with E-state index >= 15 is 0 Å². The molecule has 2 aromatic carbocycles. The van der Waals surface area contributed by atoms with Crippen molar-refractivity contribution >= 4 is 41.6 Å². The molecule has 2 aliphatic carbocycles. The number of allylic oxidation sites excluding steroid dienone is 1. The highest BCUT2D eigenvalue weighted by Crippen LogP contribution is 2.47. The summed E-state index contributed by atoms with van der Waals surface area (Å²) in [7, 11) is -5.91. The van der Waals surface area contributed by atoms with Gasteiger partial charge in [-0.2, -0.15) is 0 Å². The van der Waals surface area contributed by atoms with Gasteiger partial charge in [-0.05, 0) is 121 Å². The van der Waals surface area contributed by atoms with Crippen LogP contribution in [-0.4, -0.2) is 58.9 Å². The molecule has 0 saturated heterocycles. The molecule has 1 heterocycles. The minimum absolute atomic E-state index is 0.199. The second kappa shape index (κ2) is 16.6. The third-order valence-electron chi connectivity index (χ3n) is 12.5. The fraction of sp³-hybridized carbons (Fsp3) is 0.634. The number of hydrogen-bond acceptors (Lipinski definition) is 6. The standard InChI is InChI=1S/C41H61ClN2O6SSi/c1-8-36(51(43,47)48)18-17-35(50-52(27(2)3,28(4)5)29(6)7)16-13-30-11-12-33(30)24-44-25-41(21-9-10-31-22-34(42)15-19-37(31)41)26-49-39-20-14-32(40(45)46)23-38(39)44/h13-16,19-20,22-23,27-30,33,35-36H,8-12,17-18,21,24-26H2,1-7H3,(H,45,46)(H2,43,47,48)/b16-13+/t30-,33-,35+,36+,41-/m0/s1. The molecule has 2 aromatic rings. The molecular weight excluding hydrogens is 712 g/mol. The van der Waals surface area contributed by atoms with Crippen molar-refractivity contribution in [2.75, 3.05) is 24.6 Å². The zero-order valence-corrected chi connectivity index (χ0v) is 34.8. The van der Waals surface area contributed by atoms with Gasteiger partial charge in [0.05, 0.1) is 29.2 Å². The van der Waals surface area contributed by atoms with E-state index in [0.29, 0.717) is 54.3 Å². The van der Waals surface area contributed by atoms with Crippen LogP contribution in [0.4, 0.5) is 5.69 Å². The second-order valence-electron chi connectivity index (χ2n) is 16.6. The van der Waals surface area contributed by atoms with Crippen LogP contribution >= 0.6 is 11.6 Å². The molecular formula is C41H61ClN2O6SSi. The van der Waals surface area contributed by atoms with Gasteiger partial charge in [0.15, 0.2) is 0 Å². The van der Waals surface area contributed by atoms with E-state index in [2.05, 4.69) is 70.7 Å². The van der Waals surface area contributed by atoms with E-state index in [4.69, 9.17) is 25.9 Å². The highest BCUT2D eigenvalue weighted by Gasteiger charge is 2.47. The van der Waals surface area contributed by atoms with Gasteiger partial charge >= 0.3 is 5.97 Å². The van der Waals surface area contributed by atoms with Crippen molar-refractivity contribution in [3.05, 3.63) is 70.3 Å². The number of carbonyl (C=O) groups is 1. The Bertz CT molecular complexity index is 1690. The van der Waals surface area contributed by atoms with Crippen molar-refractivity contribution in [3.8, 4) is 5.75 Å². The van der Waals surface area contributed by atoms with Crippen molar-refractivity contribution in [2.24, 2.45) is 17.0 Å². The number of nitrogens with zero attached hydrogens (tertiary/aromatic N) is 1. The molecule has 0 aromatic heterocycles. The Morgan fingerprint density at radius 3 is 2.40 bits per heavy atom. The predicted octanol–water partition coefficient (Wildman–Crippen LogP) is 9.50. The van der Waals surface area contributed by atoms with Crippen LogP contribution in [0, 0.1) is 11.8 Å². The molecule has 1 spiro atoms. The number of benzene rings is 2. The minimum atomic E-state index is -3.65. The third kappa shape index (κ3) is 8.62. The maximum atomic E-state index is 12.4. The van der Waals surface area contributed by atoms with Crippen molar-refractivity contribution in [3.63, 3.8) is 0 Å². The molecule has 52 heavy (non-hydrogen) atoms. The molecule has 0 amide bonds. The largest absolute Gasteiger partial charge is 0.490 e. The summed E-state index contributed by atoms with van der Waals surface area (Å²) in [4.78, 5) is 14.5. The van der Waals surface area contributed by atoms with Crippen molar-refractivity contribution in [2.45, 2.75) is 133 Å². The number of fused-ring (bicyclic) bond motifs is 3. The lowest BCUT2D eigenvalue weighted by atomic mass is 9.69. The number of anilines is 1. The number of rotatable bonds is 15. The van der Waals surface area contributed by atoms with E-state index in [-0.39, 0.29) is 17.1 Å². The highest BCUT2D eigenvalue weighted by atomic mass is 35.5. The molecule has 1 fully saturated rings. The normalized spacial score (nSPS) is 23.3. The average Bonchev–Trinajstić information content (AvgIpc) is 3.21. The van der Waals surface area contributed by atoms with Gasteiger partial charge in [0.25, 0.3) is 0 Å². The van der Waals surface area contributed by atoms with Crippen LogP contribution in [0.2, 0.25) is 21.6 Å². The quantitative estimate of drug-likeness (QED) is 0.137. The molecule has 8 nitrogen and oxygen atoms in total. The topological polar surface area (TPSA) is 119 Å². The Labute approximate surface area is 318 Å². The Balaban J connectivity index is 1.44. The van der Waals surface area contributed by atoms with Crippen LogP contribution in [0.25, 0.3) is 0 Å². The number of primary sulfonamides is 1. The summed E-state index contributed by atoms with van der Waals surface area (Å²) in [5.74, 6) is 0.451. The number of aromatic carboxylic acids is 1. The van der Waals surface area contributed by atoms with E-state index in [1.54, 1.807) is 12.1 Å². The fourth-order valence-corrected chi connectivity index (χ4v) is 16.3. The molecule has 0 unspecified atom stereocenters. The Morgan fingerprint density at radius 2 is 1.81 bits per heavy atom. The van der Waals surface area contributed by atoms with Gasteiger partial charge in [-0.25, -0.2) is 18.4 Å². The molecule has 288 valence electrons. The Kier molecular flexibility index (Phi) is 13.0. The highest BCUT2D eigenvalue weighted by molar-refractivity contribution is 7.89. The minimum Gasteiger partial charge on any atom is -0.490 e. The first-order valence-electron chi connectivity index (χ1n) is 19.4. The number of halogens is 1. The molecule has 11 heteroatoms. The number of carboxylic acids is 1. The van der Waals surface area contributed by atoms with E-state index < -0.39 is 29.6 Å². The molecule has 1 saturated carbocycles. The zero-order chi connectivity index (χ0) is 38.0. The second-order valence-corrected chi connectivity index (χ2v) is 24.3. The molecule has 5 atom stereocenters. The number of ether oxygens (including phenoxy) is 1. The van der Waals surface area contributed by atoms with Crippen LogP contribution < -0.4 is 14.8 Å². The van der Waals surface area contributed by atoms with E-state index in [9.17, 15) is 18.3 Å². The van der Waals surface area contributed by atoms with E-state index in [1.165, 1.54) is 11.1 Å². The predicted molar refractivity (Wildman–Crippen MR) is 215 cm³/mol. The van der Waals surface area contributed by atoms with Crippen LogP contribution in [0.1, 0.15) is 115 Å². The first-order valence-corrected chi connectivity index (χ1v) is 23.5. The van der Waals surface area contributed by atoms with Gasteiger partial charge in [0, 0.05) is 23.5 Å². The zero-order valence-electron chi connectivity index (χ0n) is 32.2. The number of sulfonamides is 1.